The minimum absolute atomic E-state index is 0.000587. The molecule has 1 N–H and O–H groups in total. The van der Waals surface area contributed by atoms with E-state index >= 15 is 0 Å². The van der Waals surface area contributed by atoms with E-state index in [-0.39, 0.29) is 11.9 Å². The fourth-order valence-electron chi connectivity index (χ4n) is 3.45. The molecule has 1 aromatic heterocycles. The number of amides is 1. The van der Waals surface area contributed by atoms with Crippen molar-refractivity contribution in [2.45, 2.75) is 25.8 Å². The Morgan fingerprint density at radius 1 is 1.27 bits per heavy atom. The van der Waals surface area contributed by atoms with E-state index in [0.29, 0.717) is 12.1 Å². The summed E-state index contributed by atoms with van der Waals surface area (Å²) in [6.07, 6.45) is 2.47. The number of hydrogen-bond acceptors (Lipinski definition) is 4. The minimum Gasteiger partial charge on any atom is -0.378 e. The second-order valence-electron chi connectivity index (χ2n) is 7.40. The molecule has 26 heavy (non-hydrogen) atoms. The van der Waals surface area contributed by atoms with Gasteiger partial charge < -0.3 is 10.2 Å². The Labute approximate surface area is 160 Å². The molecule has 1 aromatic carbocycles. The highest BCUT2D eigenvalue weighted by molar-refractivity contribution is 7.10. The number of nitrogens with zero attached hydrogens (tertiary/aromatic N) is 2. The Morgan fingerprint density at radius 2 is 2.04 bits per heavy atom. The molecule has 0 bridgehead atoms. The number of carbonyl (C=O) groups excluding carboxylic acids is 1. The summed E-state index contributed by atoms with van der Waals surface area (Å²) in [7, 11) is 3.97. The molecule has 1 atom stereocenters. The molecule has 0 radical (unpaired) electrons. The van der Waals surface area contributed by atoms with Gasteiger partial charge in [0.05, 0.1) is 6.04 Å². The average molecular weight is 372 g/mol. The Bertz CT molecular complexity index is 706. The van der Waals surface area contributed by atoms with Gasteiger partial charge in [-0.05, 0) is 61.5 Å². The second kappa shape index (κ2) is 8.69. The number of hydrogen-bond donors (Lipinski definition) is 1. The van der Waals surface area contributed by atoms with Crippen LogP contribution in [0.1, 0.15) is 41.0 Å². The van der Waals surface area contributed by atoms with Crippen molar-refractivity contribution < 1.29 is 4.79 Å². The highest BCUT2D eigenvalue weighted by Crippen LogP contribution is 2.29. The number of benzene rings is 1. The molecule has 1 aliphatic rings. The first-order valence-electron chi connectivity index (χ1n) is 9.37. The van der Waals surface area contributed by atoms with Crippen molar-refractivity contribution >= 4 is 22.9 Å². The largest absolute Gasteiger partial charge is 0.378 e. The molecule has 1 saturated heterocycles. The first-order chi connectivity index (χ1) is 12.5. The summed E-state index contributed by atoms with van der Waals surface area (Å²) < 4.78 is 0. The molecule has 1 unspecified atom stereocenters. The van der Waals surface area contributed by atoms with Gasteiger partial charge in [-0.1, -0.05) is 19.1 Å². The third-order valence-corrected chi connectivity index (χ3v) is 6.18. The predicted molar refractivity (Wildman–Crippen MR) is 110 cm³/mol. The zero-order valence-corrected chi connectivity index (χ0v) is 16.8. The quantitative estimate of drug-likeness (QED) is 0.833. The van der Waals surface area contributed by atoms with Crippen LogP contribution in [-0.2, 0) is 0 Å². The topological polar surface area (TPSA) is 35.6 Å². The minimum atomic E-state index is 0.000587. The van der Waals surface area contributed by atoms with Gasteiger partial charge in [0.2, 0.25) is 0 Å². The molecule has 140 valence electrons. The number of piperidine rings is 1. The van der Waals surface area contributed by atoms with E-state index in [0.717, 1.165) is 24.7 Å². The van der Waals surface area contributed by atoms with Crippen LogP contribution in [0.2, 0.25) is 0 Å². The molecule has 0 saturated carbocycles. The summed E-state index contributed by atoms with van der Waals surface area (Å²) in [4.78, 5) is 18.6. The summed E-state index contributed by atoms with van der Waals surface area (Å²) in [5.74, 6) is 0.805. The lowest BCUT2D eigenvalue weighted by Gasteiger charge is -2.36. The normalized spacial score (nSPS) is 17.0. The summed E-state index contributed by atoms with van der Waals surface area (Å²) in [6, 6.07) is 12.3. The Morgan fingerprint density at radius 3 is 2.69 bits per heavy atom. The van der Waals surface area contributed by atoms with E-state index in [2.05, 4.69) is 34.7 Å². The number of nitrogens with one attached hydrogen (secondary N) is 1. The third kappa shape index (κ3) is 4.65. The molecule has 5 heteroatoms. The van der Waals surface area contributed by atoms with Crippen molar-refractivity contribution in [1.82, 2.24) is 10.2 Å². The summed E-state index contributed by atoms with van der Waals surface area (Å²) in [5, 5.41) is 5.29. The van der Waals surface area contributed by atoms with Gasteiger partial charge in [0.15, 0.2) is 0 Å². The lowest BCUT2D eigenvalue weighted by Crippen LogP contribution is -2.41. The van der Waals surface area contributed by atoms with Crippen LogP contribution in [-0.4, -0.2) is 44.5 Å². The van der Waals surface area contributed by atoms with Gasteiger partial charge in [-0.15, -0.1) is 11.3 Å². The van der Waals surface area contributed by atoms with E-state index in [1.54, 1.807) is 11.3 Å². The number of carbonyl (C=O) groups is 1. The van der Waals surface area contributed by atoms with Crippen LogP contribution >= 0.6 is 11.3 Å². The summed E-state index contributed by atoms with van der Waals surface area (Å²) in [6.45, 7) is 5.20. The zero-order chi connectivity index (χ0) is 18.5. The van der Waals surface area contributed by atoms with Gasteiger partial charge in [0.1, 0.15) is 0 Å². The van der Waals surface area contributed by atoms with Crippen molar-refractivity contribution in [3.8, 4) is 0 Å². The van der Waals surface area contributed by atoms with E-state index in [1.165, 1.54) is 17.7 Å². The van der Waals surface area contributed by atoms with Crippen molar-refractivity contribution in [2.75, 3.05) is 38.6 Å². The van der Waals surface area contributed by atoms with E-state index in [4.69, 9.17) is 0 Å². The summed E-state index contributed by atoms with van der Waals surface area (Å²) in [5.41, 5.74) is 1.76. The Kier molecular flexibility index (Phi) is 6.33. The second-order valence-corrected chi connectivity index (χ2v) is 8.38. The number of likely N-dealkylation sites (tertiary alicyclic amines) is 1. The Balaban J connectivity index is 1.68. The van der Waals surface area contributed by atoms with Crippen molar-refractivity contribution in [3.63, 3.8) is 0 Å². The van der Waals surface area contributed by atoms with E-state index in [1.807, 2.05) is 43.3 Å². The Hall–Kier alpha value is -1.85. The SMILES string of the molecule is CC1CCN(C(CNC(=O)c2cccc(N(C)C)c2)c2cccs2)CC1. The number of rotatable bonds is 6. The zero-order valence-electron chi connectivity index (χ0n) is 15.9. The maximum Gasteiger partial charge on any atom is 0.251 e. The van der Waals surface area contributed by atoms with Crippen LogP contribution < -0.4 is 10.2 Å². The van der Waals surface area contributed by atoms with Gasteiger partial charge in [0.25, 0.3) is 5.91 Å². The average Bonchev–Trinajstić information content (AvgIpc) is 3.17. The lowest BCUT2D eigenvalue weighted by atomic mass is 9.97. The maximum absolute atomic E-state index is 12.7. The summed E-state index contributed by atoms with van der Waals surface area (Å²) >= 11 is 1.78. The molecule has 1 amide bonds. The van der Waals surface area contributed by atoms with Gasteiger partial charge in [-0.25, -0.2) is 0 Å². The monoisotopic (exact) mass is 371 g/mol. The predicted octanol–water partition coefficient (Wildman–Crippen LogP) is 4.02. The van der Waals surface area contributed by atoms with Gasteiger partial charge >= 0.3 is 0 Å². The first kappa shape index (κ1) is 18.9. The molecule has 2 aromatic rings. The molecular weight excluding hydrogens is 342 g/mol. The molecule has 2 heterocycles. The van der Waals surface area contributed by atoms with Crippen LogP contribution in [0.25, 0.3) is 0 Å². The molecule has 1 aliphatic heterocycles. The smallest absolute Gasteiger partial charge is 0.251 e. The molecule has 0 spiro atoms. The van der Waals surface area contributed by atoms with Crippen LogP contribution in [0.3, 0.4) is 0 Å². The fourth-order valence-corrected chi connectivity index (χ4v) is 4.31. The van der Waals surface area contributed by atoms with Crippen molar-refractivity contribution in [3.05, 3.63) is 52.2 Å². The molecule has 3 rings (SSSR count). The highest BCUT2D eigenvalue weighted by atomic mass is 32.1. The van der Waals surface area contributed by atoms with Gasteiger partial charge in [-0.2, -0.15) is 0 Å². The van der Waals surface area contributed by atoms with Crippen LogP contribution in [0.15, 0.2) is 41.8 Å². The van der Waals surface area contributed by atoms with E-state index in [9.17, 15) is 4.79 Å². The number of thiophene rings is 1. The van der Waals surface area contributed by atoms with Crippen LogP contribution in [0.5, 0.6) is 0 Å². The van der Waals surface area contributed by atoms with Gasteiger partial charge in [-0.3, -0.25) is 9.69 Å². The van der Waals surface area contributed by atoms with Crippen LogP contribution in [0, 0.1) is 5.92 Å². The molecule has 0 aliphatic carbocycles. The third-order valence-electron chi connectivity index (χ3n) is 5.21. The van der Waals surface area contributed by atoms with Gasteiger partial charge in [0, 0.05) is 36.8 Å². The molecule has 1 fully saturated rings. The lowest BCUT2D eigenvalue weighted by molar-refractivity contribution is 0.0915. The van der Waals surface area contributed by atoms with Crippen molar-refractivity contribution in [2.24, 2.45) is 5.92 Å². The van der Waals surface area contributed by atoms with Crippen molar-refractivity contribution in [1.29, 1.82) is 0 Å². The maximum atomic E-state index is 12.7. The standard InChI is InChI=1S/C21H29N3OS/c1-16-9-11-24(12-10-16)19(20-8-5-13-26-20)15-22-21(25)17-6-4-7-18(14-17)23(2)3/h4-8,13-14,16,19H,9-12,15H2,1-3H3,(H,22,25). The highest BCUT2D eigenvalue weighted by Gasteiger charge is 2.25. The van der Waals surface area contributed by atoms with Crippen LogP contribution in [0.4, 0.5) is 5.69 Å². The molecule has 4 nitrogen and oxygen atoms in total. The molecular formula is C21H29N3OS. The first-order valence-corrected chi connectivity index (χ1v) is 10.3. The number of anilines is 1. The van der Waals surface area contributed by atoms with E-state index < -0.39 is 0 Å². The fraction of sp³-hybridized carbons (Fsp3) is 0.476.